The summed E-state index contributed by atoms with van der Waals surface area (Å²) < 4.78 is 145. The van der Waals surface area contributed by atoms with Crippen LogP contribution in [0.25, 0.3) is 10.8 Å². The second-order valence-electron chi connectivity index (χ2n) is 9.75. The Bertz CT molecular complexity index is 2640. The number of phenolic OH excluding ortho intramolecular Hbond substituents is 2. The van der Waals surface area contributed by atoms with Crippen LogP contribution in [0.2, 0.25) is 0 Å². The van der Waals surface area contributed by atoms with E-state index in [0.29, 0.717) is 27.8 Å². The fraction of sp³-hybridized carbons (Fsp3) is 0.143. The van der Waals surface area contributed by atoms with Crippen LogP contribution in [0.4, 0.5) is 28.4 Å². The molecule has 0 saturated carbocycles. The van der Waals surface area contributed by atoms with Gasteiger partial charge in [0.1, 0.15) is 22.1 Å². The van der Waals surface area contributed by atoms with Crippen molar-refractivity contribution < 1.29 is 185 Å². The monoisotopic (exact) mass is 1010 g/mol. The topological polar surface area (TPSA) is 386 Å². The number of hydrogen-bond acceptors (Lipinski definition) is 21. The molecule has 60 heavy (non-hydrogen) atoms. The number of benzene rings is 4. The fourth-order valence-electron chi connectivity index (χ4n) is 3.88. The SMILES string of the molecule is O=S(=O)([O-])O.O=S(=O)([O-])O.O=S(=O)=O.[CH2-]CS(=O)(=O)c1cccc(N=Nc2c(NC)ccc3c(O)c(N=Nc4cc(OC)c(S(=O)(=O)C[CH2-])cc4O)[c-]cc23)c1.[Cu].[Na+].[Na+].[Na+]. The van der Waals surface area contributed by atoms with E-state index in [1.807, 2.05) is 0 Å². The molecule has 0 amide bonds. The Hall–Kier alpha value is -1.68. The van der Waals surface area contributed by atoms with Gasteiger partial charge in [-0.1, -0.05) is 34.4 Å². The minimum atomic E-state index is -4.92. The Morgan fingerprint density at radius 3 is 1.77 bits per heavy atom. The van der Waals surface area contributed by atoms with E-state index in [0.717, 1.165) is 6.07 Å². The smallest absolute Gasteiger partial charge is 0.726 e. The zero-order valence-corrected chi connectivity index (χ0v) is 42.7. The van der Waals surface area contributed by atoms with Gasteiger partial charge in [0.05, 0.1) is 23.4 Å². The third-order valence-electron chi connectivity index (χ3n) is 6.15. The zero-order valence-electron chi connectivity index (χ0n) is 31.7. The van der Waals surface area contributed by atoms with Crippen molar-refractivity contribution >= 4 is 90.3 Å². The van der Waals surface area contributed by atoms with Crippen molar-refractivity contribution in [3.05, 3.63) is 74.5 Å². The number of aromatic hydroxyl groups is 2. The van der Waals surface area contributed by atoms with Crippen LogP contribution in [-0.4, -0.2) is 100 Å². The Morgan fingerprint density at radius 2 is 1.30 bits per heavy atom. The summed E-state index contributed by atoms with van der Waals surface area (Å²) >= 11 is 0. The summed E-state index contributed by atoms with van der Waals surface area (Å²) in [6.07, 6.45) is 0. The third kappa shape index (κ3) is 23.1. The molecule has 0 aliphatic heterocycles. The number of ether oxygens (including phenoxy) is 1. The Balaban J connectivity index is -0.000000756. The van der Waals surface area contributed by atoms with Crippen molar-refractivity contribution in [1.29, 1.82) is 0 Å². The number of fused-ring (bicyclic) bond motifs is 1. The zero-order chi connectivity index (χ0) is 43.2. The number of azo groups is 2. The van der Waals surface area contributed by atoms with Crippen molar-refractivity contribution in [2.24, 2.45) is 20.5 Å². The van der Waals surface area contributed by atoms with Crippen molar-refractivity contribution in [3.63, 3.8) is 0 Å². The van der Waals surface area contributed by atoms with Gasteiger partial charge in [0.15, 0.2) is 19.7 Å². The van der Waals surface area contributed by atoms with Crippen LogP contribution < -0.4 is 98.7 Å². The molecule has 1 radical (unpaired) electrons. The van der Waals surface area contributed by atoms with E-state index in [2.05, 4.69) is 45.7 Å². The summed E-state index contributed by atoms with van der Waals surface area (Å²) in [5.41, 5.74) is 1.04. The summed E-state index contributed by atoms with van der Waals surface area (Å²) in [4.78, 5) is -0.168. The maximum absolute atomic E-state index is 12.3. The van der Waals surface area contributed by atoms with Crippen LogP contribution in [0.5, 0.6) is 17.2 Å². The number of methoxy groups -OCH3 is 1. The largest absolute Gasteiger partial charge is 1.00 e. The summed E-state index contributed by atoms with van der Waals surface area (Å²) in [5.74, 6) is -1.55. The minimum absolute atomic E-state index is 0. The second-order valence-corrected chi connectivity index (χ2v) is 16.1. The number of hydrogen-bond donors (Lipinski definition) is 5. The maximum Gasteiger partial charge on any atom is 1.00 e. The van der Waals surface area contributed by atoms with Crippen LogP contribution >= 0.6 is 0 Å². The first kappa shape index (κ1) is 64.9. The summed E-state index contributed by atoms with van der Waals surface area (Å²) in [5, 5.41) is 41.6. The van der Waals surface area contributed by atoms with Gasteiger partial charge in [-0.3, -0.25) is 9.11 Å². The van der Waals surface area contributed by atoms with Crippen LogP contribution in [0, 0.1) is 19.9 Å². The van der Waals surface area contributed by atoms with E-state index < -0.39 is 62.6 Å². The molecule has 4 aromatic rings. The summed E-state index contributed by atoms with van der Waals surface area (Å²) in [6.45, 7) is 6.84. The van der Waals surface area contributed by atoms with Gasteiger partial charge in [0.2, 0.25) is 20.8 Å². The molecule has 5 N–H and O–H groups in total. The number of nitrogens with zero attached hydrogens (tertiary/aromatic N) is 4. The van der Waals surface area contributed by atoms with Gasteiger partial charge in [-0.25, -0.2) is 33.7 Å². The minimum Gasteiger partial charge on any atom is -0.726 e. The Labute approximate surface area is 423 Å². The van der Waals surface area contributed by atoms with Gasteiger partial charge in [0, 0.05) is 53.4 Å². The van der Waals surface area contributed by atoms with Gasteiger partial charge in [0.25, 0.3) is 0 Å². The number of nitrogens with one attached hydrogen (secondary N) is 1. The van der Waals surface area contributed by atoms with Crippen LogP contribution in [0.3, 0.4) is 0 Å². The average molecular weight is 1020 g/mol. The Morgan fingerprint density at radius 1 is 0.783 bits per heavy atom. The molecule has 0 spiro atoms. The maximum atomic E-state index is 12.3. The standard InChI is InChI=1S/C28H26N5O7S2.Cu.3Na.2H2O4S.O3S/c1-5-41(36,37)18-9-7-8-17(14-18)30-33-27-19-10-13-22(28(35)20(19)11-12-21(27)29-3)31-32-23-15-25(40-4)26(16-24(23)34)42(38,39)6-2;;;;;2*1-5(2,3)4;1-4(2)3/h7-12,14-16,29,34-35H,1-2,5-6H2,3-4H3;;;;;2*(H2,1,2,3,4);/q-3;;3*+1;;;/p-2. The van der Waals surface area contributed by atoms with Crippen LogP contribution in [0.1, 0.15) is 0 Å². The Kier molecular flexibility index (Phi) is 31.3. The van der Waals surface area contributed by atoms with Gasteiger partial charge < -0.3 is 43.2 Å². The van der Waals surface area contributed by atoms with Crippen molar-refractivity contribution in [1.82, 2.24) is 0 Å². The molecule has 319 valence electrons. The first-order valence-electron chi connectivity index (χ1n) is 14.1. The molecule has 32 heteroatoms. The molecular formula is C28H28CuN5Na3O18S5-2. The van der Waals surface area contributed by atoms with E-state index in [-0.39, 0.29) is 144 Å². The normalized spacial score (nSPS) is 11.0. The molecule has 0 bridgehead atoms. The van der Waals surface area contributed by atoms with Crippen molar-refractivity contribution in [2.45, 2.75) is 9.79 Å². The van der Waals surface area contributed by atoms with Crippen molar-refractivity contribution in [2.75, 3.05) is 31.0 Å². The van der Waals surface area contributed by atoms with E-state index in [1.165, 1.54) is 31.4 Å². The van der Waals surface area contributed by atoms with E-state index in [1.54, 1.807) is 31.3 Å². The van der Waals surface area contributed by atoms with Gasteiger partial charge in [-0.15, -0.1) is 17.7 Å². The number of anilines is 1. The van der Waals surface area contributed by atoms with Gasteiger partial charge in [-0.2, -0.15) is 27.5 Å². The predicted molar refractivity (Wildman–Crippen MR) is 193 cm³/mol. The predicted octanol–water partition coefficient (Wildman–Crippen LogP) is -5.84. The average Bonchev–Trinajstić information content (AvgIpc) is 3.09. The molecule has 0 unspecified atom stereocenters. The fourth-order valence-corrected chi connectivity index (χ4v) is 5.66. The van der Waals surface area contributed by atoms with Crippen LogP contribution in [0.15, 0.2) is 84.8 Å². The summed E-state index contributed by atoms with van der Waals surface area (Å²) in [7, 11) is -17.3. The quantitative estimate of drug-likeness (QED) is 0.0325. The molecule has 0 fully saturated rings. The summed E-state index contributed by atoms with van der Waals surface area (Å²) in [6, 6.07) is 15.8. The van der Waals surface area contributed by atoms with Gasteiger partial charge in [-0.05, 0) is 24.3 Å². The molecule has 0 aliphatic carbocycles. The third-order valence-corrected chi connectivity index (χ3v) is 9.19. The molecule has 0 atom stereocenters. The molecular weight excluding hydrogens is 987 g/mol. The molecule has 0 aromatic heterocycles. The number of phenols is 2. The first-order chi connectivity index (χ1) is 25.7. The van der Waals surface area contributed by atoms with E-state index in [4.69, 9.17) is 52.4 Å². The molecule has 0 aliphatic rings. The molecule has 0 saturated heterocycles. The molecule has 23 nitrogen and oxygen atoms in total. The van der Waals surface area contributed by atoms with Crippen LogP contribution in [-0.2, 0) is 68.1 Å². The van der Waals surface area contributed by atoms with Crippen molar-refractivity contribution in [3.8, 4) is 17.2 Å². The first-order valence-corrected chi connectivity index (χ1v) is 21.1. The van der Waals surface area contributed by atoms with E-state index in [9.17, 15) is 27.0 Å². The van der Waals surface area contributed by atoms with E-state index >= 15 is 0 Å². The second kappa shape index (κ2) is 28.9. The number of rotatable bonds is 10. The molecule has 4 rings (SSSR count). The molecule has 4 aromatic carbocycles. The van der Waals surface area contributed by atoms with Gasteiger partial charge >= 0.3 is 99.3 Å². The molecule has 0 heterocycles. The number of sulfone groups is 2.